The van der Waals surface area contributed by atoms with Gasteiger partial charge in [-0.05, 0) is 32.2 Å². The second-order valence-corrected chi connectivity index (χ2v) is 4.75. The van der Waals surface area contributed by atoms with Crippen LogP contribution < -0.4 is 16.0 Å². The molecule has 0 spiro atoms. The normalized spacial score (nSPS) is 22.0. The maximum atomic E-state index is 11.4. The quantitative estimate of drug-likeness (QED) is 0.592. The zero-order chi connectivity index (χ0) is 13.1. The molecule has 0 radical (unpaired) electrons. The van der Waals surface area contributed by atoms with Crippen molar-refractivity contribution >= 4 is 11.8 Å². The zero-order valence-electron chi connectivity index (χ0n) is 11.1. The van der Waals surface area contributed by atoms with E-state index in [0.29, 0.717) is 19.5 Å². The van der Waals surface area contributed by atoms with Crippen molar-refractivity contribution < 1.29 is 9.59 Å². The van der Waals surface area contributed by atoms with Crippen LogP contribution in [0.3, 0.4) is 0 Å². The lowest BCUT2D eigenvalue weighted by molar-refractivity contribution is -0.121. The molecule has 2 amide bonds. The summed E-state index contributed by atoms with van der Waals surface area (Å²) in [6, 6.07) is 0. The summed E-state index contributed by atoms with van der Waals surface area (Å²) in [6.07, 6.45) is 6.58. The van der Waals surface area contributed by atoms with Crippen molar-refractivity contribution in [1.82, 2.24) is 16.0 Å². The van der Waals surface area contributed by atoms with Gasteiger partial charge in [-0.15, -0.1) is 0 Å². The van der Waals surface area contributed by atoms with E-state index in [1.54, 1.807) is 0 Å². The standard InChI is InChI=1S/C13H25N3O2/c17-12-7-3-1-5-10-16-13(18)11-14-8-4-2-6-9-15-12/h14H,1-11H2,(H,15,17)(H,16,18). The first-order valence-electron chi connectivity index (χ1n) is 7.03. The molecule has 5 heteroatoms. The number of hydrogen-bond donors (Lipinski definition) is 3. The highest BCUT2D eigenvalue weighted by atomic mass is 16.2. The first-order valence-corrected chi connectivity index (χ1v) is 7.03. The lowest BCUT2D eigenvalue weighted by atomic mass is 10.2. The Bertz CT molecular complexity index is 231. The van der Waals surface area contributed by atoms with Gasteiger partial charge < -0.3 is 16.0 Å². The van der Waals surface area contributed by atoms with Gasteiger partial charge in [0, 0.05) is 19.5 Å². The predicted octanol–water partition coefficient (Wildman–Crippen LogP) is 0.553. The van der Waals surface area contributed by atoms with Crippen molar-refractivity contribution in [3.05, 3.63) is 0 Å². The van der Waals surface area contributed by atoms with Crippen LogP contribution in [-0.2, 0) is 9.59 Å². The van der Waals surface area contributed by atoms with E-state index >= 15 is 0 Å². The summed E-state index contributed by atoms with van der Waals surface area (Å²) in [5, 5.41) is 8.94. The first kappa shape index (κ1) is 15.0. The molecule has 3 N–H and O–H groups in total. The maximum absolute atomic E-state index is 11.4. The van der Waals surface area contributed by atoms with Gasteiger partial charge in [0.15, 0.2) is 0 Å². The summed E-state index contributed by atoms with van der Waals surface area (Å²) in [7, 11) is 0. The monoisotopic (exact) mass is 255 g/mol. The fourth-order valence-electron chi connectivity index (χ4n) is 1.95. The summed E-state index contributed by atoms with van der Waals surface area (Å²) in [6.45, 7) is 2.76. The van der Waals surface area contributed by atoms with E-state index in [2.05, 4.69) is 16.0 Å². The minimum absolute atomic E-state index is 0.0693. The zero-order valence-corrected chi connectivity index (χ0v) is 11.1. The highest BCUT2D eigenvalue weighted by Crippen LogP contribution is 1.99. The Morgan fingerprint density at radius 1 is 0.667 bits per heavy atom. The Morgan fingerprint density at radius 3 is 2.06 bits per heavy atom. The third-order valence-corrected chi connectivity index (χ3v) is 3.04. The molecule has 0 aromatic heterocycles. The van der Waals surface area contributed by atoms with Crippen LogP contribution in [0.2, 0.25) is 0 Å². The molecular weight excluding hydrogens is 230 g/mol. The van der Waals surface area contributed by atoms with E-state index in [1.165, 1.54) is 0 Å². The summed E-state index contributed by atoms with van der Waals surface area (Å²) in [5.74, 6) is 0.226. The molecule has 1 aliphatic heterocycles. The minimum Gasteiger partial charge on any atom is -0.356 e. The molecule has 104 valence electrons. The van der Waals surface area contributed by atoms with Crippen LogP contribution in [-0.4, -0.2) is 38.0 Å². The van der Waals surface area contributed by atoms with Crippen LogP contribution in [0.15, 0.2) is 0 Å². The predicted molar refractivity (Wildman–Crippen MR) is 71.2 cm³/mol. The molecule has 0 bridgehead atoms. The van der Waals surface area contributed by atoms with E-state index in [0.717, 1.165) is 51.6 Å². The van der Waals surface area contributed by atoms with Gasteiger partial charge in [-0.1, -0.05) is 12.8 Å². The van der Waals surface area contributed by atoms with E-state index < -0.39 is 0 Å². The largest absolute Gasteiger partial charge is 0.356 e. The Hall–Kier alpha value is -1.10. The molecule has 0 saturated carbocycles. The molecule has 0 atom stereocenters. The molecular formula is C13H25N3O2. The SMILES string of the molecule is O=C1CCCCCNC(=O)CNCCCCCN1. The van der Waals surface area contributed by atoms with Gasteiger partial charge in [-0.3, -0.25) is 9.59 Å². The lowest BCUT2D eigenvalue weighted by Gasteiger charge is -2.09. The van der Waals surface area contributed by atoms with Gasteiger partial charge in [0.25, 0.3) is 0 Å². The summed E-state index contributed by atoms with van der Waals surface area (Å²) >= 11 is 0. The van der Waals surface area contributed by atoms with Crippen molar-refractivity contribution in [2.75, 3.05) is 26.2 Å². The fraction of sp³-hybridized carbons (Fsp3) is 0.846. The van der Waals surface area contributed by atoms with Crippen LogP contribution in [0.5, 0.6) is 0 Å². The second-order valence-electron chi connectivity index (χ2n) is 4.75. The summed E-state index contributed by atoms with van der Waals surface area (Å²) in [4.78, 5) is 22.8. The molecule has 1 fully saturated rings. The number of nitrogens with one attached hydrogen (secondary N) is 3. The third kappa shape index (κ3) is 8.06. The Balaban J connectivity index is 2.21. The van der Waals surface area contributed by atoms with E-state index in [9.17, 15) is 9.59 Å². The highest BCUT2D eigenvalue weighted by molar-refractivity contribution is 5.77. The van der Waals surface area contributed by atoms with Gasteiger partial charge in [-0.25, -0.2) is 0 Å². The number of rotatable bonds is 0. The molecule has 0 aromatic carbocycles. The van der Waals surface area contributed by atoms with Crippen LogP contribution >= 0.6 is 0 Å². The average molecular weight is 255 g/mol. The molecule has 1 saturated heterocycles. The van der Waals surface area contributed by atoms with Gasteiger partial charge >= 0.3 is 0 Å². The summed E-state index contributed by atoms with van der Waals surface area (Å²) in [5.41, 5.74) is 0. The minimum atomic E-state index is 0.0693. The topological polar surface area (TPSA) is 70.2 Å². The van der Waals surface area contributed by atoms with Crippen LogP contribution in [0.25, 0.3) is 0 Å². The van der Waals surface area contributed by atoms with Gasteiger partial charge in [0.05, 0.1) is 6.54 Å². The van der Waals surface area contributed by atoms with E-state index in [4.69, 9.17) is 0 Å². The highest BCUT2D eigenvalue weighted by Gasteiger charge is 2.03. The van der Waals surface area contributed by atoms with E-state index in [1.807, 2.05) is 0 Å². The van der Waals surface area contributed by atoms with Crippen LogP contribution in [0.1, 0.15) is 44.9 Å². The third-order valence-electron chi connectivity index (χ3n) is 3.04. The number of carbonyl (C=O) groups is 2. The number of amides is 2. The lowest BCUT2D eigenvalue weighted by Crippen LogP contribution is -2.34. The molecule has 0 unspecified atom stereocenters. The molecule has 1 rings (SSSR count). The smallest absolute Gasteiger partial charge is 0.233 e. The van der Waals surface area contributed by atoms with Crippen molar-refractivity contribution in [2.24, 2.45) is 0 Å². The van der Waals surface area contributed by atoms with Crippen LogP contribution in [0.4, 0.5) is 0 Å². The summed E-state index contributed by atoms with van der Waals surface area (Å²) < 4.78 is 0. The van der Waals surface area contributed by atoms with Crippen molar-refractivity contribution in [2.45, 2.75) is 44.9 Å². The first-order chi connectivity index (χ1) is 8.79. The van der Waals surface area contributed by atoms with Gasteiger partial charge in [0.1, 0.15) is 0 Å². The molecule has 1 heterocycles. The van der Waals surface area contributed by atoms with Gasteiger partial charge in [0.2, 0.25) is 11.8 Å². The van der Waals surface area contributed by atoms with Crippen molar-refractivity contribution in [1.29, 1.82) is 0 Å². The van der Waals surface area contributed by atoms with E-state index in [-0.39, 0.29) is 11.8 Å². The van der Waals surface area contributed by atoms with Gasteiger partial charge in [-0.2, -0.15) is 0 Å². The molecule has 0 aliphatic carbocycles. The van der Waals surface area contributed by atoms with Crippen molar-refractivity contribution in [3.63, 3.8) is 0 Å². The van der Waals surface area contributed by atoms with Crippen molar-refractivity contribution in [3.8, 4) is 0 Å². The second kappa shape index (κ2) is 9.88. The average Bonchev–Trinajstić information content (AvgIpc) is 2.35. The fourth-order valence-corrected chi connectivity index (χ4v) is 1.95. The Labute approximate surface area is 109 Å². The Kier molecular flexibility index (Phi) is 8.21. The number of carbonyl (C=O) groups excluding carboxylic acids is 2. The molecule has 5 nitrogen and oxygen atoms in total. The molecule has 0 aromatic rings. The molecule has 18 heavy (non-hydrogen) atoms. The molecule has 1 aliphatic rings. The maximum Gasteiger partial charge on any atom is 0.233 e. The van der Waals surface area contributed by atoms with Crippen LogP contribution in [0, 0.1) is 0 Å². The number of hydrogen-bond acceptors (Lipinski definition) is 3. The Morgan fingerprint density at radius 2 is 1.28 bits per heavy atom.